The molecule has 1 N–H and O–H groups in total. The largest absolute Gasteiger partial charge is 0.496 e. The van der Waals surface area contributed by atoms with Gasteiger partial charge in [-0.3, -0.25) is 4.98 Å². The van der Waals surface area contributed by atoms with Crippen LogP contribution in [0.5, 0.6) is 5.75 Å². The average molecular weight is 379 g/mol. The van der Waals surface area contributed by atoms with Gasteiger partial charge in [-0.15, -0.1) is 0 Å². The Morgan fingerprint density at radius 2 is 1.96 bits per heavy atom. The molecule has 1 saturated heterocycles. The highest BCUT2D eigenvalue weighted by molar-refractivity contribution is 5.49. The molecule has 2 fully saturated rings. The molecule has 144 valence electrons. The summed E-state index contributed by atoms with van der Waals surface area (Å²) in [4.78, 5) is 9.61. The van der Waals surface area contributed by atoms with Crippen LogP contribution in [0.4, 0.5) is 18.9 Å². The molecule has 8 heteroatoms. The minimum atomic E-state index is -4.42. The van der Waals surface area contributed by atoms with Crippen molar-refractivity contribution in [2.45, 2.75) is 25.1 Å². The Labute approximate surface area is 154 Å². The van der Waals surface area contributed by atoms with E-state index in [1.807, 2.05) is 4.90 Å². The second-order valence-electron chi connectivity index (χ2n) is 7.49. The molecule has 1 saturated carbocycles. The van der Waals surface area contributed by atoms with Gasteiger partial charge in [0.1, 0.15) is 11.4 Å². The lowest BCUT2D eigenvalue weighted by Crippen LogP contribution is -2.63. The number of aliphatic hydroxyl groups is 1. The third-order valence-corrected chi connectivity index (χ3v) is 5.64. The molecule has 1 aliphatic carbocycles. The molecule has 1 aliphatic heterocycles. The summed E-state index contributed by atoms with van der Waals surface area (Å²) in [5.41, 5.74) is 0.650. The van der Waals surface area contributed by atoms with Crippen LogP contribution < -0.4 is 9.64 Å². The summed E-state index contributed by atoms with van der Waals surface area (Å²) in [6.45, 7) is 1.54. The number of ether oxygens (including phenoxy) is 1. The van der Waals surface area contributed by atoms with Crippen LogP contribution in [0, 0.1) is 11.3 Å². The number of rotatable bonds is 4. The fraction of sp³-hybridized carbons (Fsp3) is 0.474. The maximum Gasteiger partial charge on any atom is 0.433 e. The number of nitrogens with zero attached hydrogens (tertiary/aromatic N) is 3. The number of hydrogen-bond donors (Lipinski definition) is 1. The molecule has 0 bridgehead atoms. The zero-order chi connectivity index (χ0) is 19.2. The standard InChI is InChI=1S/C19H20F3N3O2/c1-27-15-4-5-23-9-14(15)17(26)12-6-18(7-12)10-25(11-18)13-2-3-16(24-8-13)19(20,21)22/h2-5,8-9,12,17,26H,6-7,10-11H2,1H3. The molecule has 0 radical (unpaired) electrons. The van der Waals surface area contributed by atoms with Gasteiger partial charge in [-0.25, -0.2) is 4.98 Å². The molecule has 1 spiro atoms. The predicted octanol–water partition coefficient (Wildman–Crippen LogP) is 3.45. The zero-order valence-electron chi connectivity index (χ0n) is 14.8. The molecular formula is C19H20F3N3O2. The van der Waals surface area contributed by atoms with Gasteiger partial charge >= 0.3 is 6.18 Å². The van der Waals surface area contributed by atoms with E-state index >= 15 is 0 Å². The number of hydrogen-bond acceptors (Lipinski definition) is 5. The van der Waals surface area contributed by atoms with Crippen LogP contribution in [0.1, 0.15) is 30.2 Å². The lowest BCUT2D eigenvalue weighted by molar-refractivity contribution is -0.141. The van der Waals surface area contributed by atoms with Crippen LogP contribution in [-0.2, 0) is 6.18 Å². The molecule has 3 heterocycles. The van der Waals surface area contributed by atoms with Gasteiger partial charge in [0.05, 0.1) is 25.1 Å². The van der Waals surface area contributed by atoms with Gasteiger partial charge in [0.25, 0.3) is 0 Å². The average Bonchev–Trinajstić information content (AvgIpc) is 2.58. The molecule has 1 atom stereocenters. The Morgan fingerprint density at radius 3 is 2.56 bits per heavy atom. The van der Waals surface area contributed by atoms with Crippen molar-refractivity contribution in [1.82, 2.24) is 9.97 Å². The molecule has 2 aromatic rings. The van der Waals surface area contributed by atoms with E-state index in [1.54, 1.807) is 25.6 Å². The Morgan fingerprint density at radius 1 is 1.22 bits per heavy atom. The van der Waals surface area contributed by atoms with Crippen LogP contribution in [0.25, 0.3) is 0 Å². The lowest BCUT2D eigenvalue weighted by Gasteiger charge is -2.60. The van der Waals surface area contributed by atoms with Crippen molar-refractivity contribution in [3.63, 3.8) is 0 Å². The second-order valence-corrected chi connectivity index (χ2v) is 7.49. The van der Waals surface area contributed by atoms with Gasteiger partial charge in [0, 0.05) is 36.5 Å². The number of halogens is 3. The first-order chi connectivity index (χ1) is 12.8. The molecule has 0 aromatic carbocycles. The highest BCUT2D eigenvalue weighted by atomic mass is 19.4. The van der Waals surface area contributed by atoms with Crippen LogP contribution in [0.3, 0.4) is 0 Å². The summed E-state index contributed by atoms with van der Waals surface area (Å²) in [7, 11) is 1.57. The quantitative estimate of drug-likeness (QED) is 0.882. The van der Waals surface area contributed by atoms with Crippen molar-refractivity contribution in [1.29, 1.82) is 0 Å². The van der Waals surface area contributed by atoms with Crippen molar-refractivity contribution in [2.75, 3.05) is 25.1 Å². The van der Waals surface area contributed by atoms with E-state index in [0.29, 0.717) is 17.0 Å². The number of aromatic nitrogens is 2. The molecule has 0 amide bonds. The van der Waals surface area contributed by atoms with Gasteiger partial charge in [0.2, 0.25) is 0 Å². The number of methoxy groups -OCH3 is 1. The summed E-state index contributed by atoms with van der Waals surface area (Å²) in [6.07, 6.45) is 1.24. The fourth-order valence-electron chi connectivity index (χ4n) is 4.28. The first-order valence-corrected chi connectivity index (χ1v) is 8.75. The highest BCUT2D eigenvalue weighted by Crippen LogP contribution is 2.56. The fourth-order valence-corrected chi connectivity index (χ4v) is 4.28. The number of anilines is 1. The Bertz CT molecular complexity index is 812. The van der Waals surface area contributed by atoms with Gasteiger partial charge in [0.15, 0.2) is 0 Å². The monoisotopic (exact) mass is 379 g/mol. The first kappa shape index (κ1) is 18.0. The van der Waals surface area contributed by atoms with E-state index in [9.17, 15) is 18.3 Å². The van der Waals surface area contributed by atoms with E-state index in [1.165, 1.54) is 12.3 Å². The number of aliphatic hydroxyl groups excluding tert-OH is 1. The molecule has 27 heavy (non-hydrogen) atoms. The van der Waals surface area contributed by atoms with Gasteiger partial charge in [-0.2, -0.15) is 13.2 Å². The number of alkyl halides is 3. The third-order valence-electron chi connectivity index (χ3n) is 5.64. The minimum absolute atomic E-state index is 0.129. The smallest absolute Gasteiger partial charge is 0.433 e. The van der Waals surface area contributed by atoms with Crippen LogP contribution >= 0.6 is 0 Å². The lowest BCUT2D eigenvalue weighted by atomic mass is 9.55. The van der Waals surface area contributed by atoms with E-state index in [0.717, 1.165) is 32.0 Å². The van der Waals surface area contributed by atoms with E-state index in [4.69, 9.17) is 4.74 Å². The van der Waals surface area contributed by atoms with Gasteiger partial charge < -0.3 is 14.7 Å². The molecule has 5 nitrogen and oxygen atoms in total. The molecule has 2 aromatic heterocycles. The van der Waals surface area contributed by atoms with Crippen molar-refractivity contribution in [3.05, 3.63) is 48.0 Å². The second kappa shape index (κ2) is 6.37. The summed E-state index contributed by atoms with van der Waals surface area (Å²) < 4.78 is 43.1. The van der Waals surface area contributed by atoms with Gasteiger partial charge in [-0.1, -0.05) is 0 Å². The van der Waals surface area contributed by atoms with E-state index < -0.39 is 18.0 Å². The zero-order valence-corrected chi connectivity index (χ0v) is 14.8. The van der Waals surface area contributed by atoms with Crippen molar-refractivity contribution in [3.8, 4) is 5.75 Å². The third kappa shape index (κ3) is 3.22. The summed E-state index contributed by atoms with van der Waals surface area (Å²) >= 11 is 0. The molecule has 2 aliphatic rings. The number of pyridine rings is 2. The Hall–Kier alpha value is -2.35. The minimum Gasteiger partial charge on any atom is -0.496 e. The van der Waals surface area contributed by atoms with E-state index in [-0.39, 0.29) is 11.3 Å². The SMILES string of the molecule is COc1ccncc1C(O)C1CC2(C1)CN(c1ccc(C(F)(F)F)nc1)C2. The Kier molecular flexibility index (Phi) is 4.25. The topological polar surface area (TPSA) is 58.5 Å². The molecule has 4 rings (SSSR count). The highest BCUT2D eigenvalue weighted by Gasteiger charge is 2.54. The maximum atomic E-state index is 12.6. The summed E-state index contributed by atoms with van der Waals surface area (Å²) in [6, 6.07) is 4.21. The van der Waals surface area contributed by atoms with Crippen LogP contribution in [0.15, 0.2) is 36.8 Å². The van der Waals surface area contributed by atoms with Crippen LogP contribution in [0.2, 0.25) is 0 Å². The summed E-state index contributed by atoms with van der Waals surface area (Å²) in [5.74, 6) is 0.764. The predicted molar refractivity (Wildman–Crippen MR) is 92.4 cm³/mol. The summed E-state index contributed by atoms with van der Waals surface area (Å²) in [5, 5.41) is 10.6. The van der Waals surface area contributed by atoms with Gasteiger partial charge in [-0.05, 0) is 37.0 Å². The van der Waals surface area contributed by atoms with Crippen molar-refractivity contribution >= 4 is 5.69 Å². The Balaban J connectivity index is 1.34. The van der Waals surface area contributed by atoms with Crippen LogP contribution in [-0.4, -0.2) is 35.3 Å². The van der Waals surface area contributed by atoms with Crippen molar-refractivity contribution < 1.29 is 23.0 Å². The molecule has 1 unspecified atom stereocenters. The molecular weight excluding hydrogens is 359 g/mol. The normalized spacial score (nSPS) is 20.1. The maximum absolute atomic E-state index is 12.6. The van der Waals surface area contributed by atoms with Crippen molar-refractivity contribution in [2.24, 2.45) is 11.3 Å². The first-order valence-electron chi connectivity index (χ1n) is 8.75. The van der Waals surface area contributed by atoms with E-state index in [2.05, 4.69) is 9.97 Å².